The van der Waals surface area contributed by atoms with Gasteiger partial charge in [0.2, 0.25) is 0 Å². The first kappa shape index (κ1) is 32.3. The molecule has 0 spiro atoms. The molecular weight excluding hydrogens is 753 g/mol. The molecule has 0 aliphatic rings. The van der Waals surface area contributed by atoms with E-state index in [0.29, 0.717) is 0 Å². The summed E-state index contributed by atoms with van der Waals surface area (Å²) in [7, 11) is 0. The molecule has 3 aromatic heterocycles. The molecule has 1 atom stereocenters. The van der Waals surface area contributed by atoms with Crippen LogP contribution in [-0.2, 0) is 0 Å². The van der Waals surface area contributed by atoms with Gasteiger partial charge in [0.1, 0.15) is 0 Å². The van der Waals surface area contributed by atoms with Gasteiger partial charge in [-0.05, 0) is 17.2 Å². The Labute approximate surface area is 325 Å². The number of pyridine rings is 2. The number of rotatable bonds is 5. The zero-order chi connectivity index (χ0) is 36.5. The second-order valence-electron chi connectivity index (χ2n) is 14.2. The predicted octanol–water partition coefficient (Wildman–Crippen LogP) is 11.2. The van der Waals surface area contributed by atoms with Gasteiger partial charge in [-0.25, -0.2) is 0 Å². The Kier molecular flexibility index (Phi) is 7.47. The second kappa shape index (κ2) is 12.7. The number of nitrogens with zero attached hydrogens (tertiary/aromatic N) is 3. The molecule has 55 heavy (non-hydrogen) atoms. The van der Waals surface area contributed by atoms with Gasteiger partial charge in [0, 0.05) is 0 Å². The summed E-state index contributed by atoms with van der Waals surface area (Å²) in [5, 5.41) is 11.0. The van der Waals surface area contributed by atoms with E-state index in [2.05, 4.69) is 214 Å². The van der Waals surface area contributed by atoms with Gasteiger partial charge in [0.05, 0.1) is 0 Å². The Bertz CT molecular complexity index is 3340. The number of benzene rings is 8. The van der Waals surface area contributed by atoms with E-state index in [0.717, 1.165) is 38.8 Å². The SMILES string of the molecule is [Se]=P(c1ccccc1)(c1ccc2ccccc2c1)c1ccc(-c2ccc3c(c2)c2ccc4ccccc4c2c2nc4ccc(-c5ccccc5)cc4n32)cn1. The van der Waals surface area contributed by atoms with Crippen molar-refractivity contribution in [3.8, 4) is 22.3 Å². The summed E-state index contributed by atoms with van der Waals surface area (Å²) < 4.78 is 2.37. The summed E-state index contributed by atoms with van der Waals surface area (Å²) in [6, 6.07) is 67.9. The molecule has 0 amide bonds. The van der Waals surface area contributed by atoms with E-state index in [9.17, 15) is 0 Å². The van der Waals surface area contributed by atoms with Gasteiger partial charge in [-0.15, -0.1) is 0 Å². The fraction of sp³-hybridized carbons (Fsp3) is 0. The van der Waals surface area contributed by atoms with Crippen molar-refractivity contribution in [2.45, 2.75) is 0 Å². The molecule has 0 radical (unpaired) electrons. The van der Waals surface area contributed by atoms with E-state index in [1.165, 1.54) is 59.4 Å². The van der Waals surface area contributed by atoms with Crippen molar-refractivity contribution >= 4 is 96.6 Å². The van der Waals surface area contributed by atoms with E-state index >= 15 is 0 Å². The molecule has 5 heteroatoms. The summed E-state index contributed by atoms with van der Waals surface area (Å²) in [5.74, 6) is 0. The van der Waals surface area contributed by atoms with Crippen molar-refractivity contribution < 1.29 is 0 Å². The van der Waals surface area contributed by atoms with Gasteiger partial charge >= 0.3 is 256 Å². The molecule has 0 aliphatic heterocycles. The van der Waals surface area contributed by atoms with E-state index in [1.54, 1.807) is 0 Å². The number of fused-ring (bicyclic) bond motifs is 11. The first-order chi connectivity index (χ1) is 27.1. The van der Waals surface area contributed by atoms with Gasteiger partial charge < -0.3 is 0 Å². The Balaban J connectivity index is 1.11. The number of aromatic nitrogens is 3. The Morgan fingerprint density at radius 1 is 0.436 bits per heavy atom. The fourth-order valence-corrected chi connectivity index (χ4v) is 13.0. The van der Waals surface area contributed by atoms with Gasteiger partial charge in [-0.2, -0.15) is 0 Å². The Morgan fingerprint density at radius 3 is 1.95 bits per heavy atom. The average molecular weight is 785 g/mol. The van der Waals surface area contributed by atoms with Crippen LogP contribution in [0.4, 0.5) is 0 Å². The molecule has 0 aliphatic carbocycles. The monoisotopic (exact) mass is 785 g/mol. The number of hydrogen-bond acceptors (Lipinski definition) is 2. The summed E-state index contributed by atoms with van der Waals surface area (Å²) >= 11 is 3.71. The molecule has 0 fully saturated rings. The maximum absolute atomic E-state index is 5.31. The Morgan fingerprint density at radius 2 is 1.13 bits per heavy atom. The topological polar surface area (TPSA) is 30.2 Å². The normalized spacial score (nSPS) is 12.9. The van der Waals surface area contributed by atoms with Gasteiger partial charge in [-0.3, -0.25) is 0 Å². The van der Waals surface area contributed by atoms with Crippen molar-refractivity contribution in [1.82, 2.24) is 14.4 Å². The van der Waals surface area contributed by atoms with Crippen LogP contribution in [0.25, 0.3) is 82.2 Å². The molecule has 258 valence electrons. The summed E-state index contributed by atoms with van der Waals surface area (Å²) in [4.78, 5) is 10.6. The number of imidazole rings is 1. The van der Waals surface area contributed by atoms with Crippen LogP contribution >= 0.6 is 5.51 Å². The van der Waals surface area contributed by atoms with E-state index < -0.39 is 5.51 Å². The molecule has 3 nitrogen and oxygen atoms in total. The molecule has 0 N–H and O–H groups in total. The molecule has 0 saturated carbocycles. The molecular formula is C50H32N3PSe. The van der Waals surface area contributed by atoms with E-state index in [4.69, 9.17) is 9.97 Å². The van der Waals surface area contributed by atoms with Crippen LogP contribution in [0.1, 0.15) is 0 Å². The van der Waals surface area contributed by atoms with E-state index in [1.807, 2.05) is 0 Å². The zero-order valence-electron chi connectivity index (χ0n) is 29.7. The minimum absolute atomic E-state index is 0.979. The van der Waals surface area contributed by atoms with Crippen molar-refractivity contribution in [2.75, 3.05) is 0 Å². The zero-order valence-corrected chi connectivity index (χ0v) is 32.3. The van der Waals surface area contributed by atoms with Crippen LogP contribution in [0.3, 0.4) is 0 Å². The van der Waals surface area contributed by atoms with Crippen LogP contribution in [0, 0.1) is 0 Å². The third kappa shape index (κ3) is 5.14. The molecule has 1 unspecified atom stereocenters. The van der Waals surface area contributed by atoms with Crippen LogP contribution in [0.15, 0.2) is 194 Å². The van der Waals surface area contributed by atoms with Crippen LogP contribution in [0.2, 0.25) is 0 Å². The van der Waals surface area contributed by atoms with Crippen molar-refractivity contribution in [2.24, 2.45) is 0 Å². The quantitative estimate of drug-likeness (QED) is 0.0988. The molecule has 8 aromatic carbocycles. The average Bonchev–Trinajstić information content (AvgIpc) is 3.65. The van der Waals surface area contributed by atoms with Crippen LogP contribution in [0.5, 0.6) is 0 Å². The second-order valence-corrected chi connectivity index (χ2v) is 20.3. The maximum atomic E-state index is 5.31. The summed E-state index contributed by atoms with van der Waals surface area (Å²) in [6.45, 7) is 0. The number of hydrogen-bond donors (Lipinski definition) is 0. The first-order valence-corrected chi connectivity index (χ1v) is 22.5. The van der Waals surface area contributed by atoms with E-state index in [-0.39, 0.29) is 0 Å². The summed E-state index contributed by atoms with van der Waals surface area (Å²) in [5.41, 5.74) is 7.69. The predicted molar refractivity (Wildman–Crippen MR) is 236 cm³/mol. The first-order valence-electron chi connectivity index (χ1n) is 18.5. The van der Waals surface area contributed by atoms with Gasteiger partial charge in [0.25, 0.3) is 0 Å². The molecule has 11 rings (SSSR count). The van der Waals surface area contributed by atoms with Gasteiger partial charge in [0.15, 0.2) is 0 Å². The molecule has 3 heterocycles. The Hall–Kier alpha value is -6.15. The minimum atomic E-state index is -2.15. The van der Waals surface area contributed by atoms with Gasteiger partial charge in [-0.1, -0.05) is 54.6 Å². The third-order valence-corrected chi connectivity index (χ3v) is 17.8. The summed E-state index contributed by atoms with van der Waals surface area (Å²) in [6.07, 6.45) is 2.06. The molecule has 0 bridgehead atoms. The molecule has 0 saturated heterocycles. The fourth-order valence-electron chi connectivity index (χ4n) is 8.33. The third-order valence-electron chi connectivity index (χ3n) is 11.1. The standard InChI is InChI=1S/C50H32N3PSe/c55-54(40-16-5-2-6-17-40,41-24-19-34-13-7-8-15-36(34)29-41)48-28-23-39(32-51-48)37-22-27-46-44(30-37)43-25-20-35-14-9-10-18-42(35)49(43)50-52-45-26-21-38(31-47(45)53(46)50)33-11-3-1-4-12-33/h1-32H. The van der Waals surface area contributed by atoms with Crippen molar-refractivity contribution in [3.63, 3.8) is 0 Å². The molecule has 11 aromatic rings. The van der Waals surface area contributed by atoms with Crippen molar-refractivity contribution in [1.29, 1.82) is 0 Å². The van der Waals surface area contributed by atoms with Crippen molar-refractivity contribution in [3.05, 3.63) is 194 Å². The van der Waals surface area contributed by atoms with Crippen LogP contribution in [-0.4, -0.2) is 29.5 Å². The van der Waals surface area contributed by atoms with Crippen LogP contribution < -0.4 is 16.0 Å².